The number of rotatable bonds is 5. The predicted molar refractivity (Wildman–Crippen MR) is 60.3 cm³/mol. The second-order valence-corrected chi connectivity index (χ2v) is 6.04. The molecule has 104 valence electrons. The summed E-state index contributed by atoms with van der Waals surface area (Å²) < 4.78 is 41.8. The van der Waals surface area contributed by atoms with Gasteiger partial charge in [0.05, 0.1) is 11.5 Å². The average Bonchev–Trinajstić information content (AvgIpc) is 2.98. The maximum Gasteiger partial charge on any atom is 0.441 e. The van der Waals surface area contributed by atoms with Crippen molar-refractivity contribution < 1.29 is 27.8 Å². The fourth-order valence-corrected chi connectivity index (χ4v) is 3.31. The zero-order chi connectivity index (χ0) is 13.4. The minimum absolute atomic E-state index is 0.0215. The summed E-state index contributed by atoms with van der Waals surface area (Å²) in [4.78, 5) is 11.5. The number of carbonyl (C=O) groups is 1. The van der Waals surface area contributed by atoms with E-state index < -0.39 is 23.0 Å². The number of carboxylic acids is 1. The van der Waals surface area contributed by atoms with Crippen molar-refractivity contribution in [1.29, 1.82) is 0 Å². The molecule has 2 rings (SSSR count). The fourth-order valence-electron chi connectivity index (χ4n) is 2.61. The van der Waals surface area contributed by atoms with Crippen molar-refractivity contribution in [3.63, 3.8) is 0 Å². The third-order valence-corrected chi connectivity index (χ3v) is 4.42. The van der Waals surface area contributed by atoms with E-state index in [1.54, 1.807) is 0 Å². The molecule has 1 saturated heterocycles. The van der Waals surface area contributed by atoms with Crippen molar-refractivity contribution in [3.05, 3.63) is 0 Å². The van der Waals surface area contributed by atoms with E-state index in [4.69, 9.17) is 4.74 Å². The minimum Gasteiger partial charge on any atom is -0.481 e. The standard InChI is InChI=1S/C11H15F3O3S/c12-11(13,14)18-6-4-10(9(15)16)3-5-17-8(10)7-1-2-7/h7-8H,1-6H2,(H,15,16). The van der Waals surface area contributed by atoms with Crippen LogP contribution in [0.1, 0.15) is 25.7 Å². The molecule has 0 bridgehead atoms. The van der Waals surface area contributed by atoms with Gasteiger partial charge in [-0.25, -0.2) is 0 Å². The summed E-state index contributed by atoms with van der Waals surface area (Å²) in [5.74, 6) is -1.01. The molecule has 2 fully saturated rings. The van der Waals surface area contributed by atoms with Gasteiger partial charge in [0.15, 0.2) is 0 Å². The van der Waals surface area contributed by atoms with Crippen molar-refractivity contribution in [1.82, 2.24) is 0 Å². The zero-order valence-electron chi connectivity index (χ0n) is 9.70. The Kier molecular flexibility index (Phi) is 3.82. The summed E-state index contributed by atoms with van der Waals surface area (Å²) >= 11 is -0.148. The number of halogens is 3. The van der Waals surface area contributed by atoms with Crippen LogP contribution in [0.5, 0.6) is 0 Å². The van der Waals surface area contributed by atoms with E-state index in [2.05, 4.69) is 0 Å². The molecule has 2 unspecified atom stereocenters. The highest BCUT2D eigenvalue weighted by Gasteiger charge is 2.55. The van der Waals surface area contributed by atoms with Crippen molar-refractivity contribution in [3.8, 4) is 0 Å². The molecule has 2 atom stereocenters. The van der Waals surface area contributed by atoms with E-state index in [-0.39, 0.29) is 29.9 Å². The quantitative estimate of drug-likeness (QED) is 0.843. The fraction of sp³-hybridized carbons (Fsp3) is 0.909. The summed E-state index contributed by atoms with van der Waals surface area (Å²) in [6.45, 7) is 0.337. The van der Waals surface area contributed by atoms with E-state index in [1.807, 2.05) is 0 Å². The molecular weight excluding hydrogens is 269 g/mol. The van der Waals surface area contributed by atoms with Crippen LogP contribution in [-0.4, -0.2) is 35.0 Å². The van der Waals surface area contributed by atoms with Gasteiger partial charge in [-0.2, -0.15) is 13.2 Å². The van der Waals surface area contributed by atoms with Crippen molar-refractivity contribution in [2.45, 2.75) is 37.3 Å². The Labute approximate surface area is 107 Å². The van der Waals surface area contributed by atoms with E-state index in [0.29, 0.717) is 13.0 Å². The highest BCUT2D eigenvalue weighted by Crippen LogP contribution is 2.50. The van der Waals surface area contributed by atoms with Gasteiger partial charge in [0.25, 0.3) is 0 Å². The van der Waals surface area contributed by atoms with E-state index >= 15 is 0 Å². The summed E-state index contributed by atoms with van der Waals surface area (Å²) in [6.07, 6.45) is 1.79. The van der Waals surface area contributed by atoms with Crippen LogP contribution < -0.4 is 0 Å². The maximum absolute atomic E-state index is 12.1. The van der Waals surface area contributed by atoms with Gasteiger partial charge in [0, 0.05) is 12.4 Å². The molecule has 2 aliphatic rings. The lowest BCUT2D eigenvalue weighted by Gasteiger charge is -2.29. The molecule has 7 heteroatoms. The Balaban J connectivity index is 2.00. The molecule has 1 aliphatic carbocycles. The highest BCUT2D eigenvalue weighted by molar-refractivity contribution is 8.00. The molecule has 1 N–H and O–H groups in total. The topological polar surface area (TPSA) is 46.5 Å². The monoisotopic (exact) mass is 284 g/mol. The summed E-state index contributed by atoms with van der Waals surface area (Å²) in [5.41, 5.74) is -5.41. The summed E-state index contributed by atoms with van der Waals surface area (Å²) in [5, 5.41) is 9.37. The zero-order valence-corrected chi connectivity index (χ0v) is 10.5. The number of hydrogen-bond donors (Lipinski definition) is 1. The molecular formula is C11H15F3O3S. The number of ether oxygens (including phenoxy) is 1. The molecule has 3 nitrogen and oxygen atoms in total. The molecule has 0 amide bonds. The van der Waals surface area contributed by atoms with Crippen LogP contribution in [-0.2, 0) is 9.53 Å². The first-order valence-corrected chi connectivity index (χ1v) is 6.89. The predicted octanol–water partition coefficient (Wildman–Crippen LogP) is 2.90. The van der Waals surface area contributed by atoms with E-state index in [1.165, 1.54) is 0 Å². The Bertz CT molecular complexity index is 330. The molecule has 1 heterocycles. The second kappa shape index (κ2) is 4.92. The van der Waals surface area contributed by atoms with Crippen LogP contribution in [0.3, 0.4) is 0 Å². The lowest BCUT2D eigenvalue weighted by atomic mass is 9.76. The molecule has 18 heavy (non-hydrogen) atoms. The van der Waals surface area contributed by atoms with Gasteiger partial charge in [-0.3, -0.25) is 4.79 Å². The Morgan fingerprint density at radius 2 is 2.11 bits per heavy atom. The molecule has 0 radical (unpaired) electrons. The molecule has 0 aromatic carbocycles. The third kappa shape index (κ3) is 2.93. The minimum atomic E-state index is -4.30. The first-order chi connectivity index (χ1) is 8.35. The number of carboxylic acid groups (broad SMARTS) is 1. The SMILES string of the molecule is O=C(O)C1(CCSC(F)(F)F)CCOC1C1CC1. The summed E-state index contributed by atoms with van der Waals surface area (Å²) in [7, 11) is 0. The Morgan fingerprint density at radius 3 is 2.61 bits per heavy atom. The van der Waals surface area contributed by atoms with Crippen molar-refractivity contribution in [2.75, 3.05) is 12.4 Å². The summed E-state index contributed by atoms with van der Waals surface area (Å²) in [6, 6.07) is 0. The third-order valence-electron chi connectivity index (χ3n) is 3.68. The van der Waals surface area contributed by atoms with Crippen LogP contribution in [0.2, 0.25) is 0 Å². The molecule has 0 spiro atoms. The van der Waals surface area contributed by atoms with Gasteiger partial charge in [-0.1, -0.05) is 11.8 Å². The van der Waals surface area contributed by atoms with Gasteiger partial charge in [-0.05, 0) is 31.6 Å². The van der Waals surface area contributed by atoms with Gasteiger partial charge < -0.3 is 9.84 Å². The molecule has 1 aliphatic heterocycles. The number of hydrogen-bond acceptors (Lipinski definition) is 3. The van der Waals surface area contributed by atoms with E-state index in [0.717, 1.165) is 12.8 Å². The van der Waals surface area contributed by atoms with Gasteiger partial charge in [0.2, 0.25) is 0 Å². The first kappa shape index (κ1) is 14.0. The molecule has 0 aromatic rings. The van der Waals surface area contributed by atoms with Gasteiger partial charge >= 0.3 is 11.5 Å². The van der Waals surface area contributed by atoms with Crippen LogP contribution in [0.25, 0.3) is 0 Å². The molecule has 0 aromatic heterocycles. The average molecular weight is 284 g/mol. The van der Waals surface area contributed by atoms with Crippen molar-refractivity contribution >= 4 is 17.7 Å². The number of alkyl halides is 3. The van der Waals surface area contributed by atoms with Crippen molar-refractivity contribution in [2.24, 2.45) is 11.3 Å². The second-order valence-electron chi connectivity index (χ2n) is 4.88. The lowest BCUT2D eigenvalue weighted by Crippen LogP contribution is -2.41. The Hall–Kier alpha value is -0.430. The number of aliphatic carboxylic acids is 1. The highest BCUT2D eigenvalue weighted by atomic mass is 32.2. The van der Waals surface area contributed by atoms with Gasteiger partial charge in [-0.15, -0.1) is 0 Å². The van der Waals surface area contributed by atoms with Crippen LogP contribution >= 0.6 is 11.8 Å². The first-order valence-electron chi connectivity index (χ1n) is 5.91. The molecule has 1 saturated carbocycles. The largest absolute Gasteiger partial charge is 0.481 e. The smallest absolute Gasteiger partial charge is 0.441 e. The van der Waals surface area contributed by atoms with Crippen LogP contribution in [0.15, 0.2) is 0 Å². The Morgan fingerprint density at radius 1 is 1.44 bits per heavy atom. The van der Waals surface area contributed by atoms with E-state index in [9.17, 15) is 23.1 Å². The van der Waals surface area contributed by atoms with Crippen LogP contribution in [0.4, 0.5) is 13.2 Å². The van der Waals surface area contributed by atoms with Gasteiger partial charge in [0.1, 0.15) is 0 Å². The normalized spacial score (nSPS) is 32.7. The van der Waals surface area contributed by atoms with Crippen LogP contribution in [0, 0.1) is 11.3 Å². The maximum atomic E-state index is 12.1. The lowest BCUT2D eigenvalue weighted by molar-refractivity contribution is -0.153. The number of thioether (sulfide) groups is 1.